The predicted octanol–water partition coefficient (Wildman–Crippen LogP) is 3.77. The average Bonchev–Trinajstić information content (AvgIpc) is 3.35. The van der Waals surface area contributed by atoms with E-state index >= 15 is 0 Å². The number of nitrogens with one attached hydrogen (secondary N) is 1. The van der Waals surface area contributed by atoms with Crippen molar-refractivity contribution in [2.75, 3.05) is 13.2 Å². The van der Waals surface area contributed by atoms with Gasteiger partial charge in [-0.25, -0.2) is 9.59 Å². The van der Waals surface area contributed by atoms with E-state index in [-0.39, 0.29) is 18.4 Å². The smallest absolute Gasteiger partial charge is 0.407 e. The molecule has 0 aromatic heterocycles. The van der Waals surface area contributed by atoms with Crippen molar-refractivity contribution >= 4 is 18.0 Å². The SMILES string of the molecule is CC[C@@H](NC(=O)OCC1c2ccccc2-c2ccccc21)C(=O)N1CCC[C@@]1(C)C(=O)O. The summed E-state index contributed by atoms with van der Waals surface area (Å²) in [6.07, 6.45) is 0.684. The van der Waals surface area contributed by atoms with Gasteiger partial charge in [-0.1, -0.05) is 55.5 Å². The Morgan fingerprint density at radius 3 is 2.28 bits per heavy atom. The number of carbonyl (C=O) groups is 3. The summed E-state index contributed by atoms with van der Waals surface area (Å²) in [5, 5.41) is 12.2. The Labute approximate surface area is 187 Å². The lowest BCUT2D eigenvalue weighted by Gasteiger charge is -2.33. The van der Waals surface area contributed by atoms with Crippen LogP contribution >= 0.6 is 0 Å². The van der Waals surface area contributed by atoms with Gasteiger partial charge >= 0.3 is 12.1 Å². The highest BCUT2D eigenvalue weighted by Crippen LogP contribution is 2.44. The fourth-order valence-corrected chi connectivity index (χ4v) is 4.85. The Kier molecular flexibility index (Phi) is 5.91. The van der Waals surface area contributed by atoms with Crippen LogP contribution < -0.4 is 5.32 Å². The highest BCUT2D eigenvalue weighted by Gasteiger charge is 2.47. The van der Waals surface area contributed by atoms with Gasteiger partial charge < -0.3 is 20.1 Å². The number of hydrogen-bond donors (Lipinski definition) is 2. The van der Waals surface area contributed by atoms with Crippen LogP contribution in [0.25, 0.3) is 11.1 Å². The number of benzene rings is 2. The molecule has 7 nitrogen and oxygen atoms in total. The first-order valence-electron chi connectivity index (χ1n) is 11.0. The minimum atomic E-state index is -1.24. The number of amides is 2. The van der Waals surface area contributed by atoms with Crippen molar-refractivity contribution in [3.8, 4) is 11.1 Å². The van der Waals surface area contributed by atoms with Crippen LogP contribution in [0.2, 0.25) is 0 Å². The molecular formula is C25H28N2O5. The summed E-state index contributed by atoms with van der Waals surface area (Å²) < 4.78 is 5.55. The van der Waals surface area contributed by atoms with Crippen molar-refractivity contribution < 1.29 is 24.2 Å². The van der Waals surface area contributed by atoms with E-state index < -0.39 is 23.6 Å². The van der Waals surface area contributed by atoms with Crippen LogP contribution in [-0.4, -0.2) is 52.7 Å². The van der Waals surface area contributed by atoms with E-state index in [2.05, 4.69) is 17.4 Å². The number of alkyl carbamates (subject to hydrolysis) is 1. The number of likely N-dealkylation sites (tertiary alicyclic amines) is 1. The first-order chi connectivity index (χ1) is 15.4. The monoisotopic (exact) mass is 436 g/mol. The number of hydrogen-bond acceptors (Lipinski definition) is 4. The summed E-state index contributed by atoms with van der Waals surface area (Å²) in [7, 11) is 0. The second-order valence-electron chi connectivity index (χ2n) is 8.60. The van der Waals surface area contributed by atoms with Gasteiger partial charge in [0.05, 0.1) is 0 Å². The van der Waals surface area contributed by atoms with Gasteiger partial charge in [-0.05, 0) is 48.4 Å². The van der Waals surface area contributed by atoms with Gasteiger partial charge in [0.15, 0.2) is 0 Å². The van der Waals surface area contributed by atoms with Crippen molar-refractivity contribution in [2.45, 2.75) is 50.6 Å². The zero-order valence-corrected chi connectivity index (χ0v) is 18.3. The molecule has 2 N–H and O–H groups in total. The Morgan fingerprint density at radius 1 is 1.12 bits per heavy atom. The molecule has 2 aliphatic rings. The normalized spacial score (nSPS) is 20.4. The van der Waals surface area contributed by atoms with E-state index in [1.54, 1.807) is 13.8 Å². The molecule has 1 saturated heterocycles. The Hall–Kier alpha value is -3.35. The van der Waals surface area contributed by atoms with Crippen molar-refractivity contribution in [3.05, 3.63) is 59.7 Å². The lowest BCUT2D eigenvalue weighted by atomic mass is 9.98. The number of fused-ring (bicyclic) bond motifs is 3. The minimum absolute atomic E-state index is 0.0715. The number of carboxylic acid groups (broad SMARTS) is 1. The maximum atomic E-state index is 13.0. The number of ether oxygens (including phenoxy) is 1. The third kappa shape index (κ3) is 3.72. The van der Waals surface area contributed by atoms with Crippen LogP contribution in [0.15, 0.2) is 48.5 Å². The molecule has 1 aliphatic heterocycles. The lowest BCUT2D eigenvalue weighted by Crippen LogP contribution is -2.57. The van der Waals surface area contributed by atoms with Gasteiger partial charge in [-0.2, -0.15) is 0 Å². The van der Waals surface area contributed by atoms with Crippen molar-refractivity contribution in [3.63, 3.8) is 0 Å². The zero-order valence-electron chi connectivity index (χ0n) is 18.3. The van der Waals surface area contributed by atoms with Crippen LogP contribution in [0.5, 0.6) is 0 Å². The van der Waals surface area contributed by atoms with Gasteiger partial charge in [0.2, 0.25) is 5.91 Å². The third-order valence-corrected chi connectivity index (χ3v) is 6.71. The Bertz CT molecular complexity index is 1010. The van der Waals surface area contributed by atoms with Gasteiger partial charge in [-0.3, -0.25) is 4.79 Å². The van der Waals surface area contributed by atoms with Crippen molar-refractivity contribution in [1.82, 2.24) is 10.2 Å². The van der Waals surface area contributed by atoms with E-state index in [1.165, 1.54) is 4.90 Å². The number of aliphatic carboxylic acids is 1. The van der Waals surface area contributed by atoms with Gasteiger partial charge in [0.25, 0.3) is 0 Å². The number of carbonyl (C=O) groups excluding carboxylic acids is 2. The van der Waals surface area contributed by atoms with E-state index in [0.717, 1.165) is 22.3 Å². The summed E-state index contributed by atoms with van der Waals surface area (Å²) in [5.74, 6) is -1.49. The first kappa shape index (κ1) is 21.9. The van der Waals surface area contributed by atoms with Crippen molar-refractivity contribution in [2.24, 2.45) is 0 Å². The minimum Gasteiger partial charge on any atom is -0.480 e. The molecule has 2 amide bonds. The van der Waals surface area contributed by atoms with E-state index in [0.29, 0.717) is 25.8 Å². The molecule has 0 saturated carbocycles. The molecule has 32 heavy (non-hydrogen) atoms. The molecule has 1 fully saturated rings. The maximum absolute atomic E-state index is 13.0. The Morgan fingerprint density at radius 2 is 1.72 bits per heavy atom. The van der Waals surface area contributed by atoms with Crippen LogP contribution in [0.1, 0.15) is 50.2 Å². The molecule has 1 heterocycles. The zero-order chi connectivity index (χ0) is 22.9. The molecule has 0 unspecified atom stereocenters. The first-order valence-corrected chi connectivity index (χ1v) is 11.0. The van der Waals surface area contributed by atoms with Crippen LogP contribution in [0.4, 0.5) is 4.79 Å². The number of carboxylic acids is 1. The molecule has 0 bridgehead atoms. The standard InChI is InChI=1S/C25H28N2O5/c1-3-21(22(28)27-14-8-13-25(27,2)23(29)30)26-24(31)32-15-20-18-11-6-4-9-16(18)17-10-5-7-12-19(17)20/h4-7,9-12,20-21H,3,8,13-15H2,1-2H3,(H,26,31)(H,29,30)/t21-,25+/m1/s1. The van der Waals surface area contributed by atoms with Crippen LogP contribution in [-0.2, 0) is 14.3 Å². The molecule has 0 spiro atoms. The van der Waals surface area contributed by atoms with E-state index in [4.69, 9.17) is 4.74 Å². The summed E-state index contributed by atoms with van der Waals surface area (Å²) in [6.45, 7) is 3.85. The highest BCUT2D eigenvalue weighted by atomic mass is 16.5. The number of nitrogens with zero attached hydrogens (tertiary/aromatic N) is 1. The molecule has 4 rings (SSSR count). The molecule has 0 radical (unpaired) electrons. The summed E-state index contributed by atoms with van der Waals surface area (Å²) in [4.78, 5) is 38.7. The molecule has 2 aromatic rings. The Balaban J connectivity index is 1.43. The van der Waals surface area contributed by atoms with Crippen molar-refractivity contribution in [1.29, 1.82) is 0 Å². The third-order valence-electron chi connectivity index (χ3n) is 6.71. The quantitative estimate of drug-likeness (QED) is 0.719. The number of rotatable bonds is 6. The molecule has 2 aromatic carbocycles. The molecule has 2 atom stereocenters. The fourth-order valence-electron chi connectivity index (χ4n) is 4.85. The largest absolute Gasteiger partial charge is 0.480 e. The summed E-state index contributed by atoms with van der Waals surface area (Å²) in [6, 6.07) is 15.3. The summed E-state index contributed by atoms with van der Waals surface area (Å²) >= 11 is 0. The molecule has 168 valence electrons. The van der Waals surface area contributed by atoms with Gasteiger partial charge in [0.1, 0.15) is 18.2 Å². The molecule has 1 aliphatic carbocycles. The highest BCUT2D eigenvalue weighted by molar-refractivity contribution is 5.91. The maximum Gasteiger partial charge on any atom is 0.407 e. The topological polar surface area (TPSA) is 95.9 Å². The fraction of sp³-hybridized carbons (Fsp3) is 0.400. The van der Waals surface area contributed by atoms with Gasteiger partial charge in [0, 0.05) is 12.5 Å². The van der Waals surface area contributed by atoms with Crippen LogP contribution in [0, 0.1) is 0 Å². The predicted molar refractivity (Wildman–Crippen MR) is 119 cm³/mol. The molecule has 7 heteroatoms. The van der Waals surface area contributed by atoms with E-state index in [9.17, 15) is 19.5 Å². The van der Waals surface area contributed by atoms with Crippen LogP contribution in [0.3, 0.4) is 0 Å². The van der Waals surface area contributed by atoms with Gasteiger partial charge in [-0.15, -0.1) is 0 Å². The summed E-state index contributed by atoms with van der Waals surface area (Å²) in [5.41, 5.74) is 3.26. The molecular weight excluding hydrogens is 408 g/mol. The second-order valence-corrected chi connectivity index (χ2v) is 8.60. The second kappa shape index (κ2) is 8.65. The average molecular weight is 437 g/mol. The lowest BCUT2D eigenvalue weighted by molar-refractivity contribution is -0.156. The van der Waals surface area contributed by atoms with E-state index in [1.807, 2.05) is 36.4 Å².